The number of Topliss-reactive ketones (excluding diaryl/α,β-unsaturated/α-hetero) is 1. The first kappa shape index (κ1) is 22.5. The predicted molar refractivity (Wildman–Crippen MR) is 119 cm³/mol. The quantitative estimate of drug-likeness (QED) is 0.280. The van der Waals surface area contributed by atoms with Crippen LogP contribution >= 0.6 is 0 Å². The molecule has 2 aromatic rings. The molecule has 7 nitrogen and oxygen atoms in total. The standard InChI is InChI=1S/C24H28N2O5/c1-16-8-9-19(14-17(16)2)23(27)18(3)31-24(28)20-10-11-21(22(15-20)26(29)30)25-12-6-4-5-7-13-25/h8-11,14-15,18H,4-7,12-13H2,1-3H3/t18-/m1/s1. The molecule has 2 aromatic carbocycles. The third-order valence-electron chi connectivity index (χ3n) is 5.80. The Morgan fingerprint density at radius 2 is 1.61 bits per heavy atom. The molecule has 1 fully saturated rings. The number of carbonyl (C=O) groups is 2. The van der Waals surface area contributed by atoms with Gasteiger partial charge in [0.15, 0.2) is 6.10 Å². The average molecular weight is 424 g/mol. The molecule has 0 aliphatic carbocycles. The normalized spacial score (nSPS) is 15.1. The Balaban J connectivity index is 1.77. The molecule has 0 N–H and O–H groups in total. The lowest BCUT2D eigenvalue weighted by molar-refractivity contribution is -0.384. The van der Waals surface area contributed by atoms with Gasteiger partial charge >= 0.3 is 5.97 Å². The van der Waals surface area contributed by atoms with Crippen molar-refractivity contribution in [2.45, 2.75) is 52.6 Å². The van der Waals surface area contributed by atoms with Crippen LogP contribution in [-0.2, 0) is 4.74 Å². The number of aryl methyl sites for hydroxylation is 2. The SMILES string of the molecule is Cc1ccc(C(=O)[C@@H](C)OC(=O)c2ccc(N3CCCCCC3)c([N+](=O)[O-])c2)cc1C. The van der Waals surface area contributed by atoms with Gasteiger partial charge in [-0.25, -0.2) is 4.79 Å². The van der Waals surface area contributed by atoms with Crippen molar-refractivity contribution in [3.05, 3.63) is 68.8 Å². The highest BCUT2D eigenvalue weighted by Gasteiger charge is 2.25. The number of nitro groups is 1. The first-order valence-electron chi connectivity index (χ1n) is 10.6. The molecule has 1 saturated heterocycles. The Labute approximate surface area is 182 Å². The first-order valence-corrected chi connectivity index (χ1v) is 10.6. The minimum Gasteiger partial charge on any atom is -0.451 e. The molecule has 0 radical (unpaired) electrons. The fraction of sp³-hybridized carbons (Fsp3) is 0.417. The topological polar surface area (TPSA) is 89.8 Å². The Morgan fingerprint density at radius 3 is 2.23 bits per heavy atom. The second-order valence-corrected chi connectivity index (χ2v) is 8.07. The molecule has 1 atom stereocenters. The highest BCUT2D eigenvalue weighted by Crippen LogP contribution is 2.31. The molecule has 1 heterocycles. The van der Waals surface area contributed by atoms with Gasteiger partial charge in [-0.05, 0) is 62.9 Å². The number of carbonyl (C=O) groups excluding carboxylic acids is 2. The monoisotopic (exact) mass is 424 g/mol. The van der Waals surface area contributed by atoms with Gasteiger partial charge in [0.2, 0.25) is 5.78 Å². The number of esters is 1. The van der Waals surface area contributed by atoms with Crippen LogP contribution < -0.4 is 4.90 Å². The van der Waals surface area contributed by atoms with E-state index in [4.69, 9.17) is 4.74 Å². The maximum atomic E-state index is 12.7. The molecule has 31 heavy (non-hydrogen) atoms. The maximum absolute atomic E-state index is 12.7. The second-order valence-electron chi connectivity index (χ2n) is 8.07. The van der Waals surface area contributed by atoms with E-state index in [2.05, 4.69) is 0 Å². The lowest BCUT2D eigenvalue weighted by Crippen LogP contribution is -2.26. The highest BCUT2D eigenvalue weighted by atomic mass is 16.6. The minimum absolute atomic E-state index is 0.0602. The van der Waals surface area contributed by atoms with Crippen LogP contribution in [0.5, 0.6) is 0 Å². The minimum atomic E-state index is -1.00. The van der Waals surface area contributed by atoms with E-state index in [-0.39, 0.29) is 17.0 Å². The highest BCUT2D eigenvalue weighted by molar-refractivity contribution is 6.01. The van der Waals surface area contributed by atoms with E-state index in [1.807, 2.05) is 24.8 Å². The summed E-state index contributed by atoms with van der Waals surface area (Å²) >= 11 is 0. The van der Waals surface area contributed by atoms with Gasteiger partial charge in [-0.2, -0.15) is 0 Å². The molecule has 0 aromatic heterocycles. The summed E-state index contributed by atoms with van der Waals surface area (Å²) < 4.78 is 5.34. The average Bonchev–Trinajstić information content (AvgIpc) is 3.04. The molecule has 1 aliphatic rings. The molecule has 0 bridgehead atoms. The van der Waals surface area contributed by atoms with Gasteiger partial charge in [-0.15, -0.1) is 0 Å². The fourth-order valence-corrected chi connectivity index (χ4v) is 3.79. The van der Waals surface area contributed by atoms with Crippen molar-refractivity contribution in [3.8, 4) is 0 Å². The molecular weight excluding hydrogens is 396 g/mol. The number of ether oxygens (including phenoxy) is 1. The van der Waals surface area contributed by atoms with E-state index in [1.165, 1.54) is 19.1 Å². The number of ketones is 1. The van der Waals surface area contributed by atoms with E-state index in [0.29, 0.717) is 11.3 Å². The van der Waals surface area contributed by atoms with Gasteiger partial charge in [0.25, 0.3) is 5.69 Å². The zero-order chi connectivity index (χ0) is 22.5. The van der Waals surface area contributed by atoms with Gasteiger partial charge in [-0.3, -0.25) is 14.9 Å². The summed E-state index contributed by atoms with van der Waals surface area (Å²) in [6.45, 7) is 6.89. The lowest BCUT2D eigenvalue weighted by atomic mass is 10.0. The molecule has 0 amide bonds. The lowest BCUT2D eigenvalue weighted by Gasteiger charge is -2.22. The van der Waals surface area contributed by atoms with Crippen LogP contribution in [0.4, 0.5) is 11.4 Å². The van der Waals surface area contributed by atoms with Gasteiger partial charge in [0, 0.05) is 24.7 Å². The number of benzene rings is 2. The number of nitrogens with zero attached hydrogens (tertiary/aromatic N) is 2. The molecule has 0 spiro atoms. The van der Waals surface area contributed by atoms with Crippen molar-refractivity contribution in [2.24, 2.45) is 0 Å². The Kier molecular flexibility index (Phi) is 7.05. The number of nitro benzene ring substituents is 1. The largest absolute Gasteiger partial charge is 0.451 e. The van der Waals surface area contributed by atoms with Crippen LogP contribution in [0.1, 0.15) is 64.4 Å². The summed E-state index contributed by atoms with van der Waals surface area (Å²) in [6, 6.07) is 9.70. The summed E-state index contributed by atoms with van der Waals surface area (Å²) in [7, 11) is 0. The number of anilines is 1. The smallest absolute Gasteiger partial charge is 0.339 e. The van der Waals surface area contributed by atoms with E-state index in [9.17, 15) is 19.7 Å². The molecule has 3 rings (SSSR count). The third kappa shape index (κ3) is 5.29. The Hall–Kier alpha value is -3.22. The third-order valence-corrected chi connectivity index (χ3v) is 5.80. The fourth-order valence-electron chi connectivity index (χ4n) is 3.79. The van der Waals surface area contributed by atoms with Crippen LogP contribution in [0.15, 0.2) is 36.4 Å². The van der Waals surface area contributed by atoms with E-state index < -0.39 is 17.0 Å². The van der Waals surface area contributed by atoms with Crippen molar-refractivity contribution in [1.82, 2.24) is 0 Å². The maximum Gasteiger partial charge on any atom is 0.339 e. The molecule has 7 heteroatoms. The number of rotatable bonds is 6. The Bertz CT molecular complexity index is 993. The number of hydrogen-bond donors (Lipinski definition) is 0. The van der Waals surface area contributed by atoms with Crippen LogP contribution in [0, 0.1) is 24.0 Å². The van der Waals surface area contributed by atoms with Gasteiger partial charge in [-0.1, -0.05) is 25.0 Å². The molecule has 1 aliphatic heterocycles. The van der Waals surface area contributed by atoms with Gasteiger partial charge < -0.3 is 9.64 Å². The van der Waals surface area contributed by atoms with Crippen molar-refractivity contribution >= 4 is 23.1 Å². The van der Waals surface area contributed by atoms with Crippen LogP contribution in [-0.4, -0.2) is 35.9 Å². The Morgan fingerprint density at radius 1 is 0.968 bits per heavy atom. The van der Waals surface area contributed by atoms with Crippen LogP contribution in [0.2, 0.25) is 0 Å². The summed E-state index contributed by atoms with van der Waals surface area (Å²) in [6.07, 6.45) is 3.19. The molecule has 0 unspecified atom stereocenters. The van der Waals surface area contributed by atoms with Crippen molar-refractivity contribution in [2.75, 3.05) is 18.0 Å². The first-order chi connectivity index (χ1) is 14.8. The summed E-state index contributed by atoms with van der Waals surface area (Å²) in [5.74, 6) is -1.07. The zero-order valence-corrected chi connectivity index (χ0v) is 18.2. The van der Waals surface area contributed by atoms with Crippen molar-refractivity contribution < 1.29 is 19.2 Å². The molecular formula is C24H28N2O5. The van der Waals surface area contributed by atoms with E-state index in [1.54, 1.807) is 18.2 Å². The second kappa shape index (κ2) is 9.73. The van der Waals surface area contributed by atoms with E-state index in [0.717, 1.165) is 49.9 Å². The van der Waals surface area contributed by atoms with Crippen LogP contribution in [0.3, 0.4) is 0 Å². The van der Waals surface area contributed by atoms with Crippen molar-refractivity contribution in [1.29, 1.82) is 0 Å². The summed E-state index contributed by atoms with van der Waals surface area (Å²) in [5.41, 5.74) is 2.96. The van der Waals surface area contributed by atoms with E-state index >= 15 is 0 Å². The predicted octanol–water partition coefficient (Wildman–Crippen LogP) is 5.02. The summed E-state index contributed by atoms with van der Waals surface area (Å²) in [4.78, 5) is 38.5. The van der Waals surface area contributed by atoms with Gasteiger partial charge in [0.1, 0.15) is 5.69 Å². The van der Waals surface area contributed by atoms with Crippen LogP contribution in [0.25, 0.3) is 0 Å². The molecule has 164 valence electrons. The number of hydrogen-bond acceptors (Lipinski definition) is 6. The summed E-state index contributed by atoms with van der Waals surface area (Å²) in [5, 5.41) is 11.7. The molecule has 0 saturated carbocycles. The van der Waals surface area contributed by atoms with Gasteiger partial charge in [0.05, 0.1) is 10.5 Å². The van der Waals surface area contributed by atoms with Crippen molar-refractivity contribution in [3.63, 3.8) is 0 Å². The zero-order valence-electron chi connectivity index (χ0n) is 18.2.